The first-order valence-corrected chi connectivity index (χ1v) is 11.8. The Morgan fingerprint density at radius 1 is 1.03 bits per heavy atom. The van der Waals surface area contributed by atoms with Crippen LogP contribution in [0.2, 0.25) is 5.02 Å². The van der Waals surface area contributed by atoms with Gasteiger partial charge in [0.1, 0.15) is 18.2 Å². The summed E-state index contributed by atoms with van der Waals surface area (Å²) in [5.41, 5.74) is 1.58. The Morgan fingerprint density at radius 3 is 2.44 bits per heavy atom. The van der Waals surface area contributed by atoms with Crippen LogP contribution in [0.15, 0.2) is 60.7 Å². The molecule has 0 unspecified atom stereocenters. The molecule has 0 bridgehead atoms. The fourth-order valence-electron chi connectivity index (χ4n) is 3.78. The highest BCUT2D eigenvalue weighted by Gasteiger charge is 2.14. The minimum atomic E-state index is -1.06. The molecular formula is C28H26ClF3O4. The molecule has 0 aliphatic carbocycles. The molecule has 0 spiro atoms. The topological polar surface area (TPSA) is 66.8 Å². The highest BCUT2D eigenvalue weighted by molar-refractivity contribution is 6.31. The molecule has 3 aromatic carbocycles. The maximum atomic E-state index is 14.0. The van der Waals surface area contributed by atoms with Gasteiger partial charge in [-0.05, 0) is 67.1 Å². The first-order valence-electron chi connectivity index (χ1n) is 11.5. The number of allylic oxidation sites excluding steroid dienone is 1. The number of hydrogen-bond acceptors (Lipinski definition) is 3. The maximum Gasteiger partial charge on any atom is 0.303 e. The van der Waals surface area contributed by atoms with Gasteiger partial charge in [0, 0.05) is 22.6 Å². The van der Waals surface area contributed by atoms with Crippen LogP contribution in [0.1, 0.15) is 42.4 Å². The quantitative estimate of drug-likeness (QED) is 0.243. The van der Waals surface area contributed by atoms with Gasteiger partial charge in [0.15, 0.2) is 17.4 Å². The fourth-order valence-corrected chi connectivity index (χ4v) is 3.97. The Morgan fingerprint density at radius 2 is 1.75 bits per heavy atom. The zero-order valence-electron chi connectivity index (χ0n) is 19.4. The van der Waals surface area contributed by atoms with E-state index >= 15 is 0 Å². The van der Waals surface area contributed by atoms with Crippen molar-refractivity contribution in [3.8, 4) is 11.5 Å². The first-order chi connectivity index (χ1) is 17.2. The summed E-state index contributed by atoms with van der Waals surface area (Å²) in [5, 5.41) is 18.8. The van der Waals surface area contributed by atoms with E-state index in [4.69, 9.17) is 21.4 Å². The van der Waals surface area contributed by atoms with Gasteiger partial charge in [0.05, 0.1) is 0 Å². The van der Waals surface area contributed by atoms with Crippen molar-refractivity contribution in [3.05, 3.63) is 99.8 Å². The molecule has 0 radical (unpaired) electrons. The molecule has 8 heteroatoms. The van der Waals surface area contributed by atoms with Crippen LogP contribution in [0, 0.1) is 23.4 Å². The molecule has 0 fully saturated rings. The summed E-state index contributed by atoms with van der Waals surface area (Å²) in [6.07, 6.45) is 5.29. The van der Waals surface area contributed by atoms with Crippen LogP contribution < -0.4 is 4.74 Å². The summed E-state index contributed by atoms with van der Waals surface area (Å²) in [4.78, 5) is 10.8. The number of carbonyl (C=O) groups is 1. The van der Waals surface area contributed by atoms with Crippen molar-refractivity contribution in [3.63, 3.8) is 0 Å². The molecule has 0 heterocycles. The molecule has 0 aromatic heterocycles. The number of halogens is 4. The Kier molecular flexibility index (Phi) is 9.82. The first kappa shape index (κ1) is 27.1. The minimum Gasteiger partial charge on any atom is -0.503 e. The lowest BCUT2D eigenvalue weighted by Crippen LogP contribution is -2.04. The molecule has 1 atom stereocenters. The Balaban J connectivity index is 1.80. The van der Waals surface area contributed by atoms with E-state index in [1.54, 1.807) is 24.3 Å². The molecule has 3 aromatic rings. The van der Waals surface area contributed by atoms with Gasteiger partial charge >= 0.3 is 5.97 Å². The van der Waals surface area contributed by atoms with Crippen molar-refractivity contribution < 1.29 is 32.9 Å². The number of carboxylic acids is 1. The largest absolute Gasteiger partial charge is 0.503 e. The van der Waals surface area contributed by atoms with E-state index in [1.165, 1.54) is 18.2 Å². The Labute approximate surface area is 212 Å². The molecule has 0 saturated heterocycles. The molecule has 36 heavy (non-hydrogen) atoms. The van der Waals surface area contributed by atoms with E-state index in [0.717, 1.165) is 17.7 Å². The number of carboxylic acid groups (broad SMARTS) is 1. The molecule has 0 amide bonds. The maximum absolute atomic E-state index is 14.0. The molecule has 0 aliphatic heterocycles. The molecule has 190 valence electrons. The molecular weight excluding hydrogens is 493 g/mol. The summed E-state index contributed by atoms with van der Waals surface area (Å²) in [6, 6.07) is 13.5. The Bertz CT molecular complexity index is 1210. The van der Waals surface area contributed by atoms with E-state index in [0.29, 0.717) is 41.2 Å². The minimum absolute atomic E-state index is 0.0167. The number of phenols is 1. The van der Waals surface area contributed by atoms with Gasteiger partial charge in [-0.2, -0.15) is 0 Å². The molecule has 3 rings (SSSR count). The smallest absolute Gasteiger partial charge is 0.303 e. The van der Waals surface area contributed by atoms with Crippen LogP contribution in [0.5, 0.6) is 11.5 Å². The van der Waals surface area contributed by atoms with Crippen molar-refractivity contribution in [2.75, 3.05) is 0 Å². The average molecular weight is 519 g/mol. The number of rotatable bonds is 12. The van der Waals surface area contributed by atoms with Crippen molar-refractivity contribution in [2.24, 2.45) is 5.92 Å². The third-order valence-corrected chi connectivity index (χ3v) is 6.02. The van der Waals surface area contributed by atoms with Gasteiger partial charge in [0.25, 0.3) is 0 Å². The fraction of sp³-hybridized carbons (Fsp3) is 0.250. The second-order valence-electron chi connectivity index (χ2n) is 8.43. The number of unbranched alkanes of at least 4 members (excludes halogenated alkanes) is 1. The SMILES string of the molecule is O=C(O)CCCC[C@H](/C=C\c1cc(F)ccc1OCc1ccccc1Cl)Cc1cc(F)c(O)c(F)c1. The number of aromatic hydroxyl groups is 1. The van der Waals surface area contributed by atoms with E-state index in [2.05, 4.69) is 0 Å². The van der Waals surface area contributed by atoms with Crippen molar-refractivity contribution >= 4 is 23.6 Å². The highest BCUT2D eigenvalue weighted by Crippen LogP contribution is 2.28. The van der Waals surface area contributed by atoms with E-state index in [1.807, 2.05) is 12.1 Å². The van der Waals surface area contributed by atoms with Crippen LogP contribution in [-0.4, -0.2) is 16.2 Å². The third kappa shape index (κ3) is 8.05. The van der Waals surface area contributed by atoms with Gasteiger partial charge in [-0.1, -0.05) is 48.4 Å². The normalized spacial score (nSPS) is 12.1. The second kappa shape index (κ2) is 13.0. The van der Waals surface area contributed by atoms with Gasteiger partial charge in [-0.3, -0.25) is 4.79 Å². The lowest BCUT2D eigenvalue weighted by atomic mass is 9.92. The van der Waals surface area contributed by atoms with Crippen LogP contribution in [0.4, 0.5) is 13.2 Å². The van der Waals surface area contributed by atoms with Gasteiger partial charge in [0.2, 0.25) is 0 Å². The van der Waals surface area contributed by atoms with E-state index in [9.17, 15) is 23.1 Å². The average Bonchev–Trinajstić information content (AvgIpc) is 2.83. The summed E-state index contributed by atoms with van der Waals surface area (Å²) in [7, 11) is 0. The molecule has 2 N–H and O–H groups in total. The van der Waals surface area contributed by atoms with E-state index < -0.39 is 29.2 Å². The zero-order valence-corrected chi connectivity index (χ0v) is 20.1. The number of aliphatic carboxylic acids is 1. The molecule has 0 aliphatic rings. The van der Waals surface area contributed by atoms with Crippen molar-refractivity contribution in [1.82, 2.24) is 0 Å². The zero-order chi connectivity index (χ0) is 26.1. The van der Waals surface area contributed by atoms with Crippen molar-refractivity contribution in [1.29, 1.82) is 0 Å². The predicted molar refractivity (Wildman–Crippen MR) is 133 cm³/mol. The lowest BCUT2D eigenvalue weighted by Gasteiger charge is -2.15. The standard InChI is InChI=1S/C28H26ClF3O4/c29-23-7-3-2-6-21(23)17-36-26-12-11-22(30)16-20(26)10-9-18(5-1-4-8-27(33)34)13-19-14-24(31)28(35)25(32)15-19/h2-3,6-7,9-12,14-16,18,35H,1,4-5,8,13,17H2,(H,33,34)/b10-9-/t18-/m1/s1. The number of benzene rings is 3. The molecule has 4 nitrogen and oxygen atoms in total. The van der Waals surface area contributed by atoms with Crippen LogP contribution >= 0.6 is 11.6 Å². The Hall–Kier alpha value is -3.45. The van der Waals surface area contributed by atoms with E-state index in [-0.39, 0.29) is 25.4 Å². The third-order valence-electron chi connectivity index (χ3n) is 5.65. The van der Waals surface area contributed by atoms with Gasteiger partial charge in [-0.25, -0.2) is 13.2 Å². The molecule has 0 saturated carbocycles. The van der Waals surface area contributed by atoms with Gasteiger partial charge < -0.3 is 14.9 Å². The highest BCUT2D eigenvalue weighted by atomic mass is 35.5. The lowest BCUT2D eigenvalue weighted by molar-refractivity contribution is -0.137. The predicted octanol–water partition coefficient (Wildman–Crippen LogP) is 7.56. The monoisotopic (exact) mass is 518 g/mol. The number of ether oxygens (including phenoxy) is 1. The van der Waals surface area contributed by atoms with Crippen LogP contribution in [-0.2, 0) is 17.8 Å². The second-order valence-corrected chi connectivity index (χ2v) is 8.84. The summed E-state index contributed by atoms with van der Waals surface area (Å²) >= 11 is 6.19. The number of hydrogen-bond donors (Lipinski definition) is 2. The van der Waals surface area contributed by atoms with Crippen molar-refractivity contribution in [2.45, 2.75) is 38.7 Å². The summed E-state index contributed by atoms with van der Waals surface area (Å²) in [5.74, 6) is -4.31. The van der Waals surface area contributed by atoms with Crippen LogP contribution in [0.25, 0.3) is 6.08 Å². The van der Waals surface area contributed by atoms with Gasteiger partial charge in [-0.15, -0.1) is 0 Å². The number of phenolic OH excluding ortho intramolecular Hbond substituents is 1. The summed E-state index contributed by atoms with van der Waals surface area (Å²) < 4.78 is 47.6. The summed E-state index contributed by atoms with van der Waals surface area (Å²) in [6.45, 7) is 0.177. The van der Waals surface area contributed by atoms with Crippen LogP contribution in [0.3, 0.4) is 0 Å².